The molecule has 0 unspecified atom stereocenters. The van der Waals surface area contributed by atoms with Crippen molar-refractivity contribution in [3.63, 3.8) is 0 Å². The van der Waals surface area contributed by atoms with Crippen LogP contribution in [0.5, 0.6) is 17.2 Å². The molecule has 1 aromatic heterocycles. The largest absolute Gasteiger partial charge is 0.486 e. The van der Waals surface area contributed by atoms with E-state index in [9.17, 15) is 4.79 Å². The predicted molar refractivity (Wildman–Crippen MR) is 118 cm³/mol. The van der Waals surface area contributed by atoms with Gasteiger partial charge in [-0.1, -0.05) is 12.1 Å². The molecule has 1 aliphatic carbocycles. The Hall–Kier alpha value is -3.94. The molecule has 33 heavy (non-hydrogen) atoms. The maximum Gasteiger partial charge on any atom is 0.283 e. The maximum atomic E-state index is 15.2. The van der Waals surface area contributed by atoms with Gasteiger partial charge in [0.25, 0.3) is 6.02 Å². The molecule has 2 N–H and O–H groups in total. The zero-order valence-corrected chi connectivity index (χ0v) is 17.6. The minimum atomic E-state index is -1.11. The molecule has 7 nitrogen and oxygen atoms in total. The summed E-state index contributed by atoms with van der Waals surface area (Å²) in [6, 6.07) is 12.3. The molecule has 1 atom stereocenters. The Kier molecular flexibility index (Phi) is 4.36. The number of pyridine rings is 1. The smallest absolute Gasteiger partial charge is 0.283 e. The van der Waals surface area contributed by atoms with E-state index >= 15 is 4.39 Å². The number of fused-ring (bicyclic) bond motifs is 4. The van der Waals surface area contributed by atoms with Gasteiger partial charge in [0, 0.05) is 41.1 Å². The van der Waals surface area contributed by atoms with Gasteiger partial charge in [0.15, 0.2) is 22.9 Å². The van der Waals surface area contributed by atoms with E-state index < -0.39 is 11.4 Å². The highest BCUT2D eigenvalue weighted by atomic mass is 19.1. The number of Topliss-reactive ketones (excluding diaryl/α,β-unsaturated/α-hetero) is 1. The molecule has 1 saturated carbocycles. The highest BCUT2D eigenvalue weighted by Crippen LogP contribution is 2.53. The third-order valence-corrected chi connectivity index (χ3v) is 6.24. The predicted octanol–water partition coefficient (Wildman–Crippen LogP) is 3.94. The average Bonchev–Trinajstić information content (AvgIpc) is 3.61. The van der Waals surface area contributed by atoms with Crippen LogP contribution >= 0.6 is 0 Å². The Morgan fingerprint density at radius 2 is 2.06 bits per heavy atom. The summed E-state index contributed by atoms with van der Waals surface area (Å²) >= 11 is 0. The number of carbonyl (C=O) groups excluding carboxylic acids is 1. The van der Waals surface area contributed by atoms with Crippen LogP contribution in [0, 0.1) is 11.7 Å². The van der Waals surface area contributed by atoms with Crippen LogP contribution < -0.4 is 15.2 Å². The number of nitrogens with two attached hydrogens (primary N) is 1. The highest BCUT2D eigenvalue weighted by Gasteiger charge is 2.48. The fourth-order valence-corrected chi connectivity index (χ4v) is 4.36. The van der Waals surface area contributed by atoms with E-state index in [0.29, 0.717) is 16.9 Å². The summed E-state index contributed by atoms with van der Waals surface area (Å²) in [6.45, 7) is -0.0109. The number of hydrogen-bond donors (Lipinski definition) is 1. The summed E-state index contributed by atoms with van der Waals surface area (Å²) in [7, 11) is 0. The quantitative estimate of drug-likeness (QED) is 0.639. The van der Waals surface area contributed by atoms with Crippen molar-refractivity contribution in [1.82, 2.24) is 4.98 Å². The van der Waals surface area contributed by atoms with Gasteiger partial charge in [-0.3, -0.25) is 9.78 Å². The van der Waals surface area contributed by atoms with Crippen molar-refractivity contribution in [2.24, 2.45) is 16.6 Å². The molecule has 166 valence electrons. The van der Waals surface area contributed by atoms with Crippen LogP contribution in [0.1, 0.15) is 24.0 Å². The van der Waals surface area contributed by atoms with Crippen molar-refractivity contribution in [2.75, 3.05) is 13.2 Å². The van der Waals surface area contributed by atoms with Crippen LogP contribution in [0.3, 0.4) is 0 Å². The van der Waals surface area contributed by atoms with Crippen LogP contribution in [0.2, 0.25) is 0 Å². The molecule has 3 aliphatic rings. The van der Waals surface area contributed by atoms with Gasteiger partial charge in [-0.2, -0.15) is 0 Å². The number of aromatic nitrogens is 1. The first-order valence-corrected chi connectivity index (χ1v) is 10.7. The highest BCUT2D eigenvalue weighted by molar-refractivity contribution is 5.84. The lowest BCUT2D eigenvalue weighted by Crippen LogP contribution is -2.31. The van der Waals surface area contributed by atoms with Gasteiger partial charge in [-0.15, -0.1) is 0 Å². The van der Waals surface area contributed by atoms with E-state index in [1.807, 2.05) is 24.3 Å². The summed E-state index contributed by atoms with van der Waals surface area (Å²) < 4.78 is 32.4. The number of benzene rings is 2. The van der Waals surface area contributed by atoms with E-state index in [1.165, 1.54) is 6.07 Å². The molecule has 0 amide bonds. The summed E-state index contributed by atoms with van der Waals surface area (Å²) in [4.78, 5) is 20.9. The Bertz CT molecular complexity index is 1310. The number of nitrogens with zero attached hydrogens (tertiary/aromatic N) is 2. The standard InChI is InChI=1S/C25H20FN3O4/c26-20-10-17(31-12-21(30)14-3-4-14)9-19-23(20)33-22-6-5-15(16-2-1-7-28-11-16)8-18(22)25(19)13-32-24(27)29-25/h1-2,5-11,14H,3-4,12-13H2,(H2,27,29)/t25-/m0/s1. The minimum Gasteiger partial charge on any atom is -0.486 e. The first-order chi connectivity index (χ1) is 16.0. The van der Waals surface area contributed by atoms with Crippen molar-refractivity contribution >= 4 is 11.8 Å². The SMILES string of the molecule is NC1=N[C@@]2(CO1)c1cc(-c3cccnc3)ccc1Oc1c(F)cc(OCC(=O)C3CC3)cc12. The molecule has 1 fully saturated rings. The number of aliphatic imine (C=N–C) groups is 1. The lowest BCUT2D eigenvalue weighted by molar-refractivity contribution is -0.122. The Morgan fingerprint density at radius 1 is 1.18 bits per heavy atom. The second-order valence-corrected chi connectivity index (χ2v) is 8.46. The molecule has 6 rings (SSSR count). The number of rotatable bonds is 5. The number of amidine groups is 1. The van der Waals surface area contributed by atoms with Crippen molar-refractivity contribution in [3.05, 3.63) is 71.8 Å². The number of ether oxygens (including phenoxy) is 3. The molecule has 3 aromatic rings. The Morgan fingerprint density at radius 3 is 2.79 bits per heavy atom. The molecular formula is C25H20FN3O4. The van der Waals surface area contributed by atoms with Crippen LogP contribution in [0.25, 0.3) is 11.1 Å². The van der Waals surface area contributed by atoms with Gasteiger partial charge >= 0.3 is 0 Å². The van der Waals surface area contributed by atoms with Gasteiger partial charge in [0.2, 0.25) is 0 Å². The number of ketones is 1. The Balaban J connectivity index is 1.46. The first kappa shape index (κ1) is 19.7. The summed E-state index contributed by atoms with van der Waals surface area (Å²) in [5.74, 6) is 0.219. The van der Waals surface area contributed by atoms with Crippen molar-refractivity contribution in [2.45, 2.75) is 18.4 Å². The van der Waals surface area contributed by atoms with Gasteiger partial charge in [-0.05, 0) is 42.7 Å². The van der Waals surface area contributed by atoms with Crippen molar-refractivity contribution in [1.29, 1.82) is 0 Å². The number of hydrogen-bond acceptors (Lipinski definition) is 7. The zero-order valence-electron chi connectivity index (χ0n) is 17.6. The van der Waals surface area contributed by atoms with Crippen LogP contribution in [0.4, 0.5) is 4.39 Å². The minimum absolute atomic E-state index is 0.0104. The molecule has 0 radical (unpaired) electrons. The molecule has 8 heteroatoms. The fraction of sp³-hybridized carbons (Fsp3) is 0.240. The second kappa shape index (κ2) is 7.30. The van der Waals surface area contributed by atoms with E-state index in [2.05, 4.69) is 9.98 Å². The zero-order chi connectivity index (χ0) is 22.6. The van der Waals surface area contributed by atoms with Crippen LogP contribution in [-0.2, 0) is 15.1 Å². The average molecular weight is 445 g/mol. The molecule has 3 heterocycles. The fourth-order valence-electron chi connectivity index (χ4n) is 4.36. The second-order valence-electron chi connectivity index (χ2n) is 8.46. The first-order valence-electron chi connectivity index (χ1n) is 10.7. The van der Waals surface area contributed by atoms with E-state index in [-0.39, 0.29) is 42.4 Å². The molecule has 2 aromatic carbocycles. The monoisotopic (exact) mass is 445 g/mol. The van der Waals surface area contributed by atoms with Gasteiger partial charge in [-0.25, -0.2) is 9.38 Å². The van der Waals surface area contributed by atoms with Crippen LogP contribution in [-0.4, -0.2) is 30.0 Å². The molecule has 2 aliphatic heterocycles. The molecular weight excluding hydrogens is 425 g/mol. The van der Waals surface area contributed by atoms with Crippen molar-refractivity contribution < 1.29 is 23.4 Å². The summed E-state index contributed by atoms with van der Waals surface area (Å²) in [5.41, 5.74) is 7.77. The maximum absolute atomic E-state index is 15.2. The number of halogens is 1. The Labute approximate surface area is 189 Å². The summed E-state index contributed by atoms with van der Waals surface area (Å²) in [5, 5.41) is 0. The van der Waals surface area contributed by atoms with Crippen LogP contribution in [0.15, 0.2) is 59.9 Å². The van der Waals surface area contributed by atoms with E-state index in [0.717, 1.165) is 24.0 Å². The van der Waals surface area contributed by atoms with E-state index in [1.54, 1.807) is 24.5 Å². The van der Waals surface area contributed by atoms with E-state index in [4.69, 9.17) is 19.9 Å². The molecule has 0 saturated heterocycles. The number of carbonyl (C=O) groups is 1. The molecule has 1 spiro atoms. The van der Waals surface area contributed by atoms with Gasteiger partial charge in [0.05, 0.1) is 0 Å². The third-order valence-electron chi connectivity index (χ3n) is 6.24. The normalized spacial score (nSPS) is 20.3. The topological polar surface area (TPSA) is 96.0 Å². The van der Waals surface area contributed by atoms with Gasteiger partial charge in [0.1, 0.15) is 24.7 Å². The lowest BCUT2D eigenvalue weighted by atomic mass is 9.80. The summed E-state index contributed by atoms with van der Waals surface area (Å²) in [6.07, 6.45) is 5.24. The lowest BCUT2D eigenvalue weighted by Gasteiger charge is -2.34. The van der Waals surface area contributed by atoms with Gasteiger partial charge < -0.3 is 19.9 Å². The third kappa shape index (κ3) is 3.29. The molecule has 0 bridgehead atoms. The van der Waals surface area contributed by atoms with Crippen molar-refractivity contribution in [3.8, 4) is 28.4 Å².